The number of aliphatic hydroxyl groups excluding tert-OH is 1. The van der Waals surface area contributed by atoms with Crippen LogP contribution in [0.1, 0.15) is 37.9 Å². The monoisotopic (exact) mass is 607 g/mol. The van der Waals surface area contributed by atoms with Crippen molar-refractivity contribution in [3.05, 3.63) is 47.7 Å². The normalized spacial score (nSPS) is 22.4. The van der Waals surface area contributed by atoms with E-state index in [0.29, 0.717) is 42.0 Å². The van der Waals surface area contributed by atoms with Gasteiger partial charge in [0.1, 0.15) is 16.9 Å². The first kappa shape index (κ1) is 29.4. The van der Waals surface area contributed by atoms with Crippen molar-refractivity contribution in [1.82, 2.24) is 15.0 Å². The summed E-state index contributed by atoms with van der Waals surface area (Å²) in [5.74, 6) is 1.80. The number of aryl methyl sites for hydroxylation is 1. The molecule has 1 aliphatic carbocycles. The molecule has 3 atom stereocenters. The van der Waals surface area contributed by atoms with Crippen LogP contribution in [-0.4, -0.2) is 65.6 Å². The maximum Gasteiger partial charge on any atom is 0.225 e. The van der Waals surface area contributed by atoms with Crippen LogP contribution in [0.2, 0.25) is 0 Å². The van der Waals surface area contributed by atoms with Crippen LogP contribution in [0.4, 0.5) is 11.8 Å². The number of aromatic nitrogens is 3. The van der Waals surface area contributed by atoms with Crippen molar-refractivity contribution in [1.29, 1.82) is 0 Å². The lowest BCUT2D eigenvalue weighted by Crippen LogP contribution is -2.46. The van der Waals surface area contributed by atoms with Crippen molar-refractivity contribution in [3.63, 3.8) is 0 Å². The average molecular weight is 608 g/mol. The fourth-order valence-electron chi connectivity index (χ4n) is 6.09. The van der Waals surface area contributed by atoms with Gasteiger partial charge in [0.25, 0.3) is 0 Å². The molecule has 1 saturated heterocycles. The van der Waals surface area contributed by atoms with Crippen LogP contribution in [0.15, 0.2) is 36.4 Å². The van der Waals surface area contributed by atoms with E-state index >= 15 is 0 Å². The molecule has 12 heteroatoms. The largest absolute Gasteiger partial charge is 0.493 e. The van der Waals surface area contributed by atoms with E-state index in [1.54, 1.807) is 32.7 Å². The maximum absolute atomic E-state index is 10.1. The second-order valence-corrected chi connectivity index (χ2v) is 12.3. The van der Waals surface area contributed by atoms with Gasteiger partial charge < -0.3 is 39.4 Å². The fraction of sp³-hybridized carbons (Fsp3) is 0.452. The van der Waals surface area contributed by atoms with Crippen LogP contribution < -0.4 is 24.8 Å². The van der Waals surface area contributed by atoms with E-state index in [4.69, 9.17) is 38.6 Å². The number of anilines is 2. The number of hydrogen-bond donors (Lipinski definition) is 3. The highest BCUT2D eigenvalue weighted by Gasteiger charge is 2.60. The highest BCUT2D eigenvalue weighted by atomic mass is 32.1. The lowest BCUT2D eigenvalue weighted by molar-refractivity contribution is -0.168. The Hall–Kier alpha value is -3.71. The molecule has 43 heavy (non-hydrogen) atoms. The summed E-state index contributed by atoms with van der Waals surface area (Å²) in [4.78, 5) is 14.7. The van der Waals surface area contributed by atoms with E-state index in [0.717, 1.165) is 38.5 Å². The molecule has 0 bridgehead atoms. The van der Waals surface area contributed by atoms with Crippen LogP contribution in [0.25, 0.3) is 20.8 Å². The highest BCUT2D eigenvalue weighted by Crippen LogP contribution is 2.50. The smallest absolute Gasteiger partial charge is 0.225 e. The molecule has 3 heterocycles. The summed E-state index contributed by atoms with van der Waals surface area (Å²) in [7, 11) is 4.76. The van der Waals surface area contributed by atoms with Gasteiger partial charge in [0, 0.05) is 19.1 Å². The standard InChI is InChI=1S/C31H37N5O6S/c1-17-24(28-34-20-9-7-8-10-23(20)43-28)27(36-31-12-11-19(16-37)26(31)41-30(2,3)42-31)35-29(33-17)32-15-18-13-21(38-4)25(40-6)22(14-18)39-5/h7-10,13-14,19,26,37H,11-12,15-16H2,1-6H3,(H2,32,33,35,36). The molecule has 2 aromatic heterocycles. The van der Waals surface area contributed by atoms with Crippen LogP contribution in [-0.2, 0) is 16.0 Å². The van der Waals surface area contributed by atoms with E-state index in [-0.39, 0.29) is 18.6 Å². The van der Waals surface area contributed by atoms with Gasteiger partial charge >= 0.3 is 0 Å². The lowest BCUT2D eigenvalue weighted by atomic mass is 10.0. The number of hydrogen-bond acceptors (Lipinski definition) is 12. The first-order valence-electron chi connectivity index (χ1n) is 14.2. The third-order valence-corrected chi connectivity index (χ3v) is 9.00. The fourth-order valence-corrected chi connectivity index (χ4v) is 7.15. The number of thiazole rings is 1. The van der Waals surface area contributed by atoms with Gasteiger partial charge in [-0.3, -0.25) is 0 Å². The van der Waals surface area contributed by atoms with Gasteiger partial charge in [-0.1, -0.05) is 12.1 Å². The summed E-state index contributed by atoms with van der Waals surface area (Å²) < 4.78 is 30.5. The number of nitrogens with zero attached hydrogens (tertiary/aromatic N) is 3. The molecule has 11 nitrogen and oxygen atoms in total. The summed E-state index contributed by atoms with van der Waals surface area (Å²) in [6.45, 7) is 6.17. The van der Waals surface area contributed by atoms with Gasteiger partial charge in [-0.15, -0.1) is 11.3 Å². The average Bonchev–Trinajstić information content (AvgIpc) is 3.63. The van der Waals surface area contributed by atoms with E-state index in [1.165, 1.54) is 0 Å². The van der Waals surface area contributed by atoms with E-state index in [2.05, 4.69) is 16.7 Å². The van der Waals surface area contributed by atoms with Gasteiger partial charge in [-0.05, 0) is 63.4 Å². The Labute approximate surface area is 254 Å². The Morgan fingerprint density at radius 3 is 2.47 bits per heavy atom. The number of para-hydroxylation sites is 1. The molecule has 228 valence electrons. The number of ether oxygens (including phenoxy) is 5. The maximum atomic E-state index is 10.1. The molecule has 3 unspecified atom stereocenters. The minimum Gasteiger partial charge on any atom is -0.493 e. The Morgan fingerprint density at radius 1 is 1.05 bits per heavy atom. The Bertz CT molecular complexity index is 1590. The van der Waals surface area contributed by atoms with Crippen LogP contribution in [0.5, 0.6) is 17.2 Å². The molecule has 3 N–H and O–H groups in total. The molecule has 6 rings (SSSR count). The second-order valence-electron chi connectivity index (χ2n) is 11.3. The number of fused-ring (bicyclic) bond motifs is 2. The predicted molar refractivity (Wildman–Crippen MR) is 165 cm³/mol. The minimum atomic E-state index is -0.864. The van der Waals surface area contributed by atoms with E-state index in [1.807, 2.05) is 51.1 Å². The third kappa shape index (κ3) is 5.44. The van der Waals surface area contributed by atoms with Crippen molar-refractivity contribution in [3.8, 4) is 27.8 Å². The lowest BCUT2D eigenvalue weighted by Gasteiger charge is -2.31. The first-order chi connectivity index (χ1) is 20.7. The molecule has 2 aromatic carbocycles. The summed E-state index contributed by atoms with van der Waals surface area (Å²) in [5, 5.41) is 17.9. The van der Waals surface area contributed by atoms with Gasteiger partial charge in [-0.2, -0.15) is 4.98 Å². The third-order valence-electron chi connectivity index (χ3n) is 7.95. The van der Waals surface area contributed by atoms with Crippen LogP contribution in [0, 0.1) is 12.8 Å². The topological polar surface area (TPSA) is 129 Å². The number of aliphatic hydroxyl groups is 1. The van der Waals surface area contributed by atoms with Crippen molar-refractivity contribution >= 4 is 33.3 Å². The molecule has 2 aliphatic rings. The van der Waals surface area contributed by atoms with Gasteiger partial charge in [0.2, 0.25) is 11.7 Å². The number of methoxy groups -OCH3 is 3. The van der Waals surface area contributed by atoms with Crippen molar-refractivity contribution in [2.75, 3.05) is 38.6 Å². The highest BCUT2D eigenvalue weighted by molar-refractivity contribution is 7.21. The molecular weight excluding hydrogens is 570 g/mol. The molecule has 0 amide bonds. The van der Waals surface area contributed by atoms with Crippen molar-refractivity contribution in [2.45, 2.75) is 57.8 Å². The second kappa shape index (κ2) is 11.4. The molecule has 2 fully saturated rings. The number of nitrogens with one attached hydrogen (secondary N) is 2. The summed E-state index contributed by atoms with van der Waals surface area (Å²) in [5.41, 5.74) is 2.50. The van der Waals surface area contributed by atoms with Crippen molar-refractivity contribution in [2.24, 2.45) is 5.92 Å². The van der Waals surface area contributed by atoms with Gasteiger partial charge in [0.05, 0.1) is 42.8 Å². The quantitative estimate of drug-likeness (QED) is 0.215. The molecule has 1 aliphatic heterocycles. The van der Waals surface area contributed by atoms with Crippen molar-refractivity contribution < 1.29 is 28.8 Å². The molecule has 0 radical (unpaired) electrons. The van der Waals surface area contributed by atoms with Crippen LogP contribution >= 0.6 is 11.3 Å². The Morgan fingerprint density at radius 2 is 1.79 bits per heavy atom. The van der Waals surface area contributed by atoms with Crippen LogP contribution in [0.3, 0.4) is 0 Å². The van der Waals surface area contributed by atoms with Gasteiger partial charge in [-0.25, -0.2) is 9.97 Å². The number of rotatable bonds is 10. The zero-order chi connectivity index (χ0) is 30.4. The van der Waals surface area contributed by atoms with Gasteiger partial charge in [0.15, 0.2) is 23.0 Å². The summed E-state index contributed by atoms with van der Waals surface area (Å²) in [6, 6.07) is 11.8. The molecule has 4 aromatic rings. The SMILES string of the molecule is COc1cc(CNc2nc(C)c(-c3nc4ccccc4s3)c(NC34CCC(CO)C3OC(C)(C)O4)n2)cc(OC)c1OC. The molecule has 0 spiro atoms. The molecular formula is C31H37N5O6S. The van der Waals surface area contributed by atoms with E-state index < -0.39 is 11.5 Å². The Balaban J connectivity index is 1.39. The predicted octanol–water partition coefficient (Wildman–Crippen LogP) is 5.36. The zero-order valence-electron chi connectivity index (χ0n) is 25.2. The molecule has 1 saturated carbocycles. The number of benzene rings is 2. The van der Waals surface area contributed by atoms with E-state index in [9.17, 15) is 5.11 Å². The summed E-state index contributed by atoms with van der Waals surface area (Å²) in [6.07, 6.45) is 1.07. The minimum absolute atomic E-state index is 0.0165. The summed E-state index contributed by atoms with van der Waals surface area (Å²) >= 11 is 1.59. The Kier molecular flexibility index (Phi) is 7.80. The first-order valence-corrected chi connectivity index (χ1v) is 15.0. The zero-order valence-corrected chi connectivity index (χ0v) is 26.0.